The van der Waals surface area contributed by atoms with Gasteiger partial charge < -0.3 is 25.0 Å². The van der Waals surface area contributed by atoms with Crippen molar-refractivity contribution in [3.8, 4) is 5.75 Å². The number of hydrogen-bond acceptors (Lipinski definition) is 6. The fourth-order valence-electron chi connectivity index (χ4n) is 3.13. The SMILES string of the molecule is COCCNC(=O)c1ccc2c(c1)N(C)C(CC(=O)Nc1cnccc1C)CO2. The third kappa shape index (κ3) is 5.03. The largest absolute Gasteiger partial charge is 0.489 e. The molecule has 2 heterocycles. The zero-order valence-electron chi connectivity index (χ0n) is 16.9. The number of nitrogens with one attached hydrogen (secondary N) is 2. The van der Waals surface area contributed by atoms with Gasteiger partial charge in [0, 0.05) is 32.5 Å². The number of hydrogen-bond donors (Lipinski definition) is 2. The molecule has 3 rings (SSSR count). The molecule has 0 radical (unpaired) electrons. The standard InChI is InChI=1S/C21H26N4O4/c1-14-6-7-22-12-17(14)24-20(26)11-16-13-29-19-5-4-15(10-18(19)25(16)2)21(27)23-8-9-28-3/h4-7,10,12,16H,8-9,11,13H2,1-3H3,(H,23,27)(H,24,26). The fraction of sp³-hybridized carbons (Fsp3) is 0.381. The summed E-state index contributed by atoms with van der Waals surface area (Å²) in [7, 11) is 3.49. The Hall–Kier alpha value is -3.13. The molecule has 1 aliphatic rings. The van der Waals surface area contributed by atoms with Crippen LogP contribution < -0.4 is 20.3 Å². The summed E-state index contributed by atoms with van der Waals surface area (Å²) in [4.78, 5) is 30.9. The summed E-state index contributed by atoms with van der Waals surface area (Å²) in [6, 6.07) is 7.00. The number of methoxy groups -OCH3 is 1. The Kier molecular flexibility index (Phi) is 6.66. The lowest BCUT2D eigenvalue weighted by Crippen LogP contribution is -2.43. The number of rotatable bonds is 7. The van der Waals surface area contributed by atoms with Crippen molar-refractivity contribution in [3.63, 3.8) is 0 Å². The maximum absolute atomic E-state index is 12.5. The number of nitrogens with zero attached hydrogens (tertiary/aromatic N) is 2. The number of benzene rings is 1. The van der Waals surface area contributed by atoms with E-state index < -0.39 is 0 Å². The Bertz CT molecular complexity index is 887. The summed E-state index contributed by atoms with van der Waals surface area (Å²) in [5.41, 5.74) is 2.97. The first kappa shape index (κ1) is 20.6. The number of anilines is 2. The van der Waals surface area contributed by atoms with Crippen LogP contribution in [0.2, 0.25) is 0 Å². The molecule has 8 nitrogen and oxygen atoms in total. The summed E-state index contributed by atoms with van der Waals surface area (Å²) in [6.07, 6.45) is 3.58. The quantitative estimate of drug-likeness (QED) is 0.693. The normalized spacial score (nSPS) is 15.3. The first-order valence-corrected chi connectivity index (χ1v) is 9.47. The van der Waals surface area contributed by atoms with Crippen molar-refractivity contribution in [2.45, 2.75) is 19.4 Å². The van der Waals surface area contributed by atoms with Crippen molar-refractivity contribution in [3.05, 3.63) is 47.8 Å². The molecular weight excluding hydrogens is 372 g/mol. The van der Waals surface area contributed by atoms with Gasteiger partial charge in [0.15, 0.2) is 0 Å². The average molecular weight is 398 g/mol. The minimum Gasteiger partial charge on any atom is -0.489 e. The summed E-state index contributed by atoms with van der Waals surface area (Å²) in [6.45, 7) is 3.20. The minimum absolute atomic E-state index is 0.113. The van der Waals surface area contributed by atoms with Crippen LogP contribution in [0.4, 0.5) is 11.4 Å². The second-order valence-electron chi connectivity index (χ2n) is 6.95. The van der Waals surface area contributed by atoms with Crippen LogP contribution >= 0.6 is 0 Å². The van der Waals surface area contributed by atoms with Gasteiger partial charge in [-0.05, 0) is 36.8 Å². The molecule has 1 aromatic carbocycles. The van der Waals surface area contributed by atoms with E-state index in [1.807, 2.05) is 24.9 Å². The van der Waals surface area contributed by atoms with Crippen LogP contribution in [0.15, 0.2) is 36.7 Å². The zero-order chi connectivity index (χ0) is 20.8. The molecule has 2 N–H and O–H groups in total. The van der Waals surface area contributed by atoms with E-state index in [1.165, 1.54) is 0 Å². The number of carbonyl (C=O) groups excluding carboxylic acids is 2. The van der Waals surface area contributed by atoms with E-state index in [9.17, 15) is 9.59 Å². The molecule has 0 saturated carbocycles. The highest BCUT2D eigenvalue weighted by Crippen LogP contribution is 2.34. The molecule has 0 aliphatic carbocycles. The molecule has 154 valence electrons. The number of ether oxygens (including phenoxy) is 2. The van der Waals surface area contributed by atoms with Gasteiger partial charge in [-0.2, -0.15) is 0 Å². The average Bonchev–Trinajstić information content (AvgIpc) is 2.72. The second-order valence-corrected chi connectivity index (χ2v) is 6.95. The smallest absolute Gasteiger partial charge is 0.251 e. The predicted molar refractivity (Wildman–Crippen MR) is 111 cm³/mol. The molecule has 0 bridgehead atoms. The van der Waals surface area contributed by atoms with Crippen molar-refractivity contribution >= 4 is 23.2 Å². The first-order chi connectivity index (χ1) is 14.0. The molecule has 29 heavy (non-hydrogen) atoms. The monoisotopic (exact) mass is 398 g/mol. The van der Waals surface area contributed by atoms with Crippen molar-refractivity contribution in [1.29, 1.82) is 0 Å². The van der Waals surface area contributed by atoms with Gasteiger partial charge in [-0.3, -0.25) is 14.6 Å². The van der Waals surface area contributed by atoms with Crippen LogP contribution in [-0.2, 0) is 9.53 Å². The molecule has 0 saturated heterocycles. The van der Waals surface area contributed by atoms with E-state index in [1.54, 1.807) is 37.7 Å². The van der Waals surface area contributed by atoms with E-state index in [2.05, 4.69) is 15.6 Å². The minimum atomic E-state index is -0.176. The van der Waals surface area contributed by atoms with E-state index >= 15 is 0 Å². The Balaban J connectivity index is 1.66. The number of likely N-dealkylation sites (N-methyl/N-ethyl adjacent to an activating group) is 1. The van der Waals surface area contributed by atoms with Gasteiger partial charge in [-0.15, -0.1) is 0 Å². The second kappa shape index (κ2) is 9.38. The molecule has 2 amide bonds. The van der Waals surface area contributed by atoms with Crippen molar-refractivity contribution in [1.82, 2.24) is 10.3 Å². The maximum Gasteiger partial charge on any atom is 0.251 e. The number of fused-ring (bicyclic) bond motifs is 1. The molecule has 0 spiro atoms. The number of aromatic nitrogens is 1. The van der Waals surface area contributed by atoms with Crippen molar-refractivity contribution < 1.29 is 19.1 Å². The van der Waals surface area contributed by atoms with Crippen molar-refractivity contribution in [2.75, 3.05) is 44.1 Å². The lowest BCUT2D eigenvalue weighted by Gasteiger charge is -2.35. The van der Waals surface area contributed by atoms with Gasteiger partial charge >= 0.3 is 0 Å². The van der Waals surface area contributed by atoms with Gasteiger partial charge in [-0.25, -0.2) is 0 Å². The molecule has 1 aromatic heterocycles. The Morgan fingerprint density at radius 3 is 2.93 bits per heavy atom. The van der Waals surface area contributed by atoms with E-state index in [0.717, 1.165) is 11.3 Å². The van der Waals surface area contributed by atoms with Gasteiger partial charge in [0.2, 0.25) is 5.91 Å². The predicted octanol–water partition coefficient (Wildman–Crippen LogP) is 1.99. The third-order valence-corrected chi connectivity index (χ3v) is 4.91. The highest BCUT2D eigenvalue weighted by molar-refractivity contribution is 5.96. The number of amides is 2. The van der Waals surface area contributed by atoms with E-state index in [4.69, 9.17) is 9.47 Å². The van der Waals surface area contributed by atoms with Gasteiger partial charge in [0.05, 0.1) is 36.6 Å². The third-order valence-electron chi connectivity index (χ3n) is 4.91. The fourth-order valence-corrected chi connectivity index (χ4v) is 3.13. The summed E-state index contributed by atoms with van der Waals surface area (Å²) < 4.78 is 10.8. The Labute approximate surface area is 170 Å². The number of carbonyl (C=O) groups is 2. The molecule has 1 aliphatic heterocycles. The molecule has 1 unspecified atom stereocenters. The molecule has 1 atom stereocenters. The summed E-state index contributed by atoms with van der Waals surface area (Å²) in [5, 5.41) is 5.70. The van der Waals surface area contributed by atoms with Crippen LogP contribution in [0, 0.1) is 6.92 Å². The van der Waals surface area contributed by atoms with Crippen LogP contribution in [0.5, 0.6) is 5.75 Å². The van der Waals surface area contributed by atoms with Crippen LogP contribution in [0.3, 0.4) is 0 Å². The summed E-state index contributed by atoms with van der Waals surface area (Å²) >= 11 is 0. The van der Waals surface area contributed by atoms with E-state index in [-0.39, 0.29) is 24.3 Å². The Morgan fingerprint density at radius 1 is 1.34 bits per heavy atom. The Morgan fingerprint density at radius 2 is 2.17 bits per heavy atom. The number of pyridine rings is 1. The van der Waals surface area contributed by atoms with Gasteiger partial charge in [-0.1, -0.05) is 0 Å². The van der Waals surface area contributed by atoms with Crippen LogP contribution in [0.25, 0.3) is 0 Å². The van der Waals surface area contributed by atoms with Crippen molar-refractivity contribution in [2.24, 2.45) is 0 Å². The molecule has 0 fully saturated rings. The van der Waals surface area contributed by atoms with Crippen LogP contribution in [-0.4, -0.2) is 56.8 Å². The molecular formula is C21H26N4O4. The first-order valence-electron chi connectivity index (χ1n) is 9.47. The maximum atomic E-state index is 12.5. The topological polar surface area (TPSA) is 92.8 Å². The lowest BCUT2D eigenvalue weighted by atomic mass is 10.1. The van der Waals surface area contributed by atoms with Gasteiger partial charge in [0.25, 0.3) is 5.91 Å². The summed E-state index contributed by atoms with van der Waals surface area (Å²) in [5.74, 6) is 0.407. The van der Waals surface area contributed by atoms with Crippen LogP contribution in [0.1, 0.15) is 22.3 Å². The van der Waals surface area contributed by atoms with E-state index in [0.29, 0.717) is 36.8 Å². The highest BCUT2D eigenvalue weighted by Gasteiger charge is 2.27. The molecule has 8 heteroatoms. The number of aryl methyl sites for hydroxylation is 1. The highest BCUT2D eigenvalue weighted by atomic mass is 16.5. The van der Waals surface area contributed by atoms with Gasteiger partial charge in [0.1, 0.15) is 12.4 Å². The molecule has 2 aromatic rings. The lowest BCUT2D eigenvalue weighted by molar-refractivity contribution is -0.116. The zero-order valence-corrected chi connectivity index (χ0v) is 16.9.